The highest BCUT2D eigenvalue weighted by Gasteiger charge is 2.31. The third-order valence-electron chi connectivity index (χ3n) is 4.66. The summed E-state index contributed by atoms with van der Waals surface area (Å²) in [5.74, 6) is -0.607. The molecule has 1 aliphatic rings. The van der Waals surface area contributed by atoms with Crippen LogP contribution in [0.15, 0.2) is 42.6 Å². The maximum atomic E-state index is 12.8. The molecule has 7 nitrogen and oxygen atoms in total. The Morgan fingerprint density at radius 2 is 2.07 bits per heavy atom. The molecule has 1 fully saturated rings. The molecule has 0 amide bonds. The number of hydrogen-bond donors (Lipinski definition) is 0. The fourth-order valence-corrected chi connectivity index (χ4v) is 4.86. The van der Waals surface area contributed by atoms with E-state index in [9.17, 15) is 13.2 Å². The molecule has 0 radical (unpaired) electrons. The zero-order valence-corrected chi connectivity index (χ0v) is 15.6. The first-order valence-electron chi connectivity index (χ1n) is 8.80. The minimum atomic E-state index is -3.12. The lowest BCUT2D eigenvalue weighted by Gasteiger charge is -2.12. The van der Waals surface area contributed by atoms with E-state index in [-0.39, 0.29) is 11.5 Å². The molecule has 0 bridgehead atoms. The van der Waals surface area contributed by atoms with Gasteiger partial charge in [0.2, 0.25) is 0 Å². The lowest BCUT2D eigenvalue weighted by atomic mass is 10.1. The van der Waals surface area contributed by atoms with E-state index in [2.05, 4.69) is 10.1 Å². The number of pyridine rings is 1. The van der Waals surface area contributed by atoms with Crippen LogP contribution in [0.1, 0.15) is 23.7 Å². The molecule has 1 unspecified atom stereocenters. The standard InChI is InChI=1S/C19H19N3O4S/c1-2-22-18-16(11-20-22)15(10-17(21-18)13-6-4-3-5-7-13)19(23)26-14-8-9-27(24,25)12-14/h3-7,10-11,14H,2,8-9,12H2,1H3. The van der Waals surface area contributed by atoms with Crippen LogP contribution in [0.5, 0.6) is 0 Å². The molecule has 1 aliphatic heterocycles. The zero-order chi connectivity index (χ0) is 19.0. The van der Waals surface area contributed by atoms with Crippen LogP contribution < -0.4 is 0 Å². The number of ether oxygens (including phenoxy) is 1. The zero-order valence-electron chi connectivity index (χ0n) is 14.8. The first kappa shape index (κ1) is 17.7. The topological polar surface area (TPSA) is 91.2 Å². The molecule has 0 N–H and O–H groups in total. The van der Waals surface area contributed by atoms with Crippen LogP contribution in [0.3, 0.4) is 0 Å². The third-order valence-corrected chi connectivity index (χ3v) is 6.40. The van der Waals surface area contributed by atoms with Gasteiger partial charge in [-0.05, 0) is 19.4 Å². The van der Waals surface area contributed by atoms with Gasteiger partial charge in [-0.1, -0.05) is 30.3 Å². The molecule has 140 valence electrons. The highest BCUT2D eigenvalue weighted by atomic mass is 32.2. The van der Waals surface area contributed by atoms with Crippen molar-refractivity contribution in [1.82, 2.24) is 14.8 Å². The molecule has 3 heterocycles. The maximum Gasteiger partial charge on any atom is 0.339 e. The van der Waals surface area contributed by atoms with Crippen LogP contribution in [-0.4, -0.2) is 46.8 Å². The van der Waals surface area contributed by atoms with Crippen molar-refractivity contribution >= 4 is 26.8 Å². The first-order valence-corrected chi connectivity index (χ1v) is 10.6. The first-order chi connectivity index (χ1) is 13.0. The van der Waals surface area contributed by atoms with Gasteiger partial charge in [0.1, 0.15) is 6.10 Å². The summed E-state index contributed by atoms with van der Waals surface area (Å²) >= 11 is 0. The van der Waals surface area contributed by atoms with Gasteiger partial charge in [-0.2, -0.15) is 5.10 Å². The minimum absolute atomic E-state index is 0.0553. The smallest absolute Gasteiger partial charge is 0.339 e. The minimum Gasteiger partial charge on any atom is -0.458 e. The lowest BCUT2D eigenvalue weighted by molar-refractivity contribution is 0.0358. The average Bonchev–Trinajstić information content (AvgIpc) is 3.23. The summed E-state index contributed by atoms with van der Waals surface area (Å²) in [5, 5.41) is 4.90. The van der Waals surface area contributed by atoms with Crippen LogP contribution in [0, 0.1) is 0 Å². The quantitative estimate of drug-likeness (QED) is 0.641. The van der Waals surface area contributed by atoms with E-state index in [0.717, 1.165) is 5.56 Å². The summed E-state index contributed by atoms with van der Waals surface area (Å²) in [4.78, 5) is 17.5. The number of aromatic nitrogens is 3. The van der Waals surface area contributed by atoms with Crippen LogP contribution in [-0.2, 0) is 21.1 Å². The number of nitrogens with zero attached hydrogens (tertiary/aromatic N) is 3. The number of sulfone groups is 1. The Balaban J connectivity index is 1.76. The van der Waals surface area contributed by atoms with Crippen LogP contribution in [0.2, 0.25) is 0 Å². The van der Waals surface area contributed by atoms with Gasteiger partial charge in [0.25, 0.3) is 0 Å². The molecule has 3 aromatic rings. The van der Waals surface area contributed by atoms with Crippen LogP contribution in [0.4, 0.5) is 0 Å². The summed E-state index contributed by atoms with van der Waals surface area (Å²) in [6.45, 7) is 2.56. The second-order valence-corrected chi connectivity index (χ2v) is 8.78. The Bertz CT molecular complexity index is 1110. The molecule has 1 atom stereocenters. The number of carbonyl (C=O) groups excluding carboxylic acids is 1. The summed E-state index contributed by atoms with van der Waals surface area (Å²) in [5.41, 5.74) is 2.47. The SMILES string of the molecule is CCn1ncc2c(C(=O)OC3CCS(=O)(=O)C3)cc(-c3ccccc3)nc21. The second kappa shape index (κ2) is 6.77. The van der Waals surface area contributed by atoms with Gasteiger partial charge in [0, 0.05) is 12.1 Å². The van der Waals surface area contributed by atoms with E-state index in [1.165, 1.54) is 0 Å². The largest absolute Gasteiger partial charge is 0.458 e. The van der Waals surface area contributed by atoms with Gasteiger partial charge < -0.3 is 4.74 Å². The van der Waals surface area contributed by atoms with Gasteiger partial charge in [-0.25, -0.2) is 22.9 Å². The lowest BCUT2D eigenvalue weighted by Crippen LogP contribution is -2.19. The molecular weight excluding hydrogens is 366 g/mol. The van der Waals surface area contributed by atoms with E-state index in [1.54, 1.807) is 16.9 Å². The Morgan fingerprint density at radius 1 is 1.30 bits per heavy atom. The summed E-state index contributed by atoms with van der Waals surface area (Å²) in [7, 11) is -3.12. The number of fused-ring (bicyclic) bond motifs is 1. The monoisotopic (exact) mass is 385 g/mol. The van der Waals surface area contributed by atoms with E-state index in [0.29, 0.717) is 35.3 Å². The highest BCUT2D eigenvalue weighted by Crippen LogP contribution is 2.26. The number of hydrogen-bond acceptors (Lipinski definition) is 6. The fraction of sp³-hybridized carbons (Fsp3) is 0.316. The van der Waals surface area contributed by atoms with Gasteiger partial charge in [-0.3, -0.25) is 0 Å². The number of benzene rings is 1. The molecule has 0 aliphatic carbocycles. The molecule has 1 aromatic carbocycles. The number of aryl methyl sites for hydroxylation is 1. The van der Waals surface area contributed by atoms with Crippen molar-refractivity contribution in [2.75, 3.05) is 11.5 Å². The van der Waals surface area contributed by atoms with Gasteiger partial charge in [-0.15, -0.1) is 0 Å². The van der Waals surface area contributed by atoms with E-state index in [1.807, 2.05) is 37.3 Å². The van der Waals surface area contributed by atoms with Gasteiger partial charge in [0.15, 0.2) is 15.5 Å². The average molecular weight is 385 g/mol. The van der Waals surface area contributed by atoms with E-state index >= 15 is 0 Å². The predicted molar refractivity (Wildman–Crippen MR) is 101 cm³/mol. The van der Waals surface area contributed by atoms with Crippen LogP contribution in [0.25, 0.3) is 22.3 Å². The van der Waals surface area contributed by atoms with Crippen molar-refractivity contribution in [2.45, 2.75) is 26.0 Å². The van der Waals surface area contributed by atoms with Crippen LogP contribution >= 0.6 is 0 Å². The predicted octanol–water partition coefficient (Wildman–Crippen LogP) is 2.46. The molecule has 27 heavy (non-hydrogen) atoms. The van der Waals surface area contributed by atoms with E-state index < -0.39 is 21.9 Å². The molecule has 0 spiro atoms. The Kier molecular flexibility index (Phi) is 4.43. The van der Waals surface area contributed by atoms with Gasteiger partial charge >= 0.3 is 5.97 Å². The third kappa shape index (κ3) is 3.44. The molecular formula is C19H19N3O4S. The Hall–Kier alpha value is -2.74. The van der Waals surface area contributed by atoms with Crippen molar-refractivity contribution in [3.8, 4) is 11.3 Å². The molecule has 1 saturated heterocycles. The van der Waals surface area contributed by atoms with Crippen molar-refractivity contribution < 1.29 is 17.9 Å². The molecule has 0 saturated carbocycles. The molecule has 4 rings (SSSR count). The summed E-state index contributed by atoms with van der Waals surface area (Å²) in [6.07, 6.45) is 1.33. The summed E-state index contributed by atoms with van der Waals surface area (Å²) in [6, 6.07) is 11.2. The highest BCUT2D eigenvalue weighted by molar-refractivity contribution is 7.91. The van der Waals surface area contributed by atoms with Crippen molar-refractivity contribution in [3.63, 3.8) is 0 Å². The number of esters is 1. The van der Waals surface area contributed by atoms with Crippen molar-refractivity contribution in [1.29, 1.82) is 0 Å². The van der Waals surface area contributed by atoms with Gasteiger partial charge in [0.05, 0.1) is 34.3 Å². The second-order valence-electron chi connectivity index (χ2n) is 6.55. The van der Waals surface area contributed by atoms with Crippen molar-refractivity contribution in [3.05, 3.63) is 48.2 Å². The van der Waals surface area contributed by atoms with E-state index in [4.69, 9.17) is 4.74 Å². The normalized spacial score (nSPS) is 18.6. The Labute approximate surface area is 156 Å². The number of rotatable bonds is 4. The molecule has 2 aromatic heterocycles. The van der Waals surface area contributed by atoms with Crippen molar-refractivity contribution in [2.24, 2.45) is 0 Å². The maximum absolute atomic E-state index is 12.8. The number of carbonyl (C=O) groups is 1. The molecule has 8 heteroatoms. The summed E-state index contributed by atoms with van der Waals surface area (Å²) < 4.78 is 30.5. The Morgan fingerprint density at radius 3 is 2.74 bits per heavy atom. The fourth-order valence-electron chi connectivity index (χ4n) is 3.27.